The van der Waals surface area contributed by atoms with Crippen molar-refractivity contribution in [1.82, 2.24) is 9.80 Å². The number of rotatable bonds is 7. The second kappa shape index (κ2) is 5.71. The molecule has 19 heavy (non-hydrogen) atoms. The number of likely N-dealkylation sites (N-methyl/N-ethyl adjacent to an activating group) is 2. The van der Waals surface area contributed by atoms with Crippen LogP contribution in [0.2, 0.25) is 0 Å². The van der Waals surface area contributed by atoms with Gasteiger partial charge in [-0.3, -0.25) is 4.90 Å². The van der Waals surface area contributed by atoms with Crippen molar-refractivity contribution in [2.24, 2.45) is 11.7 Å². The minimum absolute atomic E-state index is 0.184. The van der Waals surface area contributed by atoms with Crippen LogP contribution in [-0.4, -0.2) is 55.1 Å². The third-order valence-electron chi connectivity index (χ3n) is 6.08. The van der Waals surface area contributed by atoms with Gasteiger partial charge >= 0.3 is 0 Å². The Morgan fingerprint density at radius 3 is 2.11 bits per heavy atom. The third-order valence-corrected chi connectivity index (χ3v) is 6.08. The Morgan fingerprint density at radius 2 is 1.79 bits per heavy atom. The van der Waals surface area contributed by atoms with Crippen molar-refractivity contribution in [3.8, 4) is 0 Å². The van der Waals surface area contributed by atoms with Crippen LogP contribution in [0, 0.1) is 5.92 Å². The lowest BCUT2D eigenvalue weighted by Crippen LogP contribution is -2.62. The summed E-state index contributed by atoms with van der Waals surface area (Å²) in [5, 5.41) is 0. The van der Waals surface area contributed by atoms with Crippen LogP contribution >= 0.6 is 0 Å². The lowest BCUT2D eigenvalue weighted by molar-refractivity contribution is -0.0128. The highest BCUT2D eigenvalue weighted by atomic mass is 15.3. The van der Waals surface area contributed by atoms with E-state index in [1.165, 1.54) is 51.5 Å². The van der Waals surface area contributed by atoms with Gasteiger partial charge in [-0.15, -0.1) is 0 Å². The van der Waals surface area contributed by atoms with Gasteiger partial charge in [0.15, 0.2) is 0 Å². The van der Waals surface area contributed by atoms with Crippen LogP contribution in [-0.2, 0) is 0 Å². The molecule has 0 amide bonds. The van der Waals surface area contributed by atoms with Crippen molar-refractivity contribution in [2.75, 3.05) is 34.2 Å². The average Bonchev–Trinajstić information content (AvgIpc) is 2.27. The summed E-state index contributed by atoms with van der Waals surface area (Å²) in [6, 6.07) is 0. The van der Waals surface area contributed by atoms with Gasteiger partial charge in [-0.1, -0.05) is 19.3 Å². The molecular formula is C16H33N3. The average molecular weight is 267 g/mol. The van der Waals surface area contributed by atoms with Crippen molar-refractivity contribution in [3.05, 3.63) is 0 Å². The molecule has 2 aliphatic rings. The SMILES string of the molecule is CN(CC1(N(C)C)CCC1)C(C)(CN)CC1CCC1. The van der Waals surface area contributed by atoms with Gasteiger partial charge in [0.1, 0.15) is 0 Å². The molecule has 2 fully saturated rings. The molecule has 3 heteroatoms. The van der Waals surface area contributed by atoms with E-state index in [4.69, 9.17) is 5.73 Å². The summed E-state index contributed by atoms with van der Waals surface area (Å²) in [7, 11) is 6.76. The van der Waals surface area contributed by atoms with Crippen molar-refractivity contribution in [3.63, 3.8) is 0 Å². The Morgan fingerprint density at radius 1 is 1.16 bits per heavy atom. The molecule has 0 aromatic heterocycles. The highest BCUT2D eigenvalue weighted by molar-refractivity contribution is 5.01. The molecule has 0 heterocycles. The predicted molar refractivity (Wildman–Crippen MR) is 82.3 cm³/mol. The van der Waals surface area contributed by atoms with E-state index in [1.54, 1.807) is 0 Å². The molecule has 1 atom stereocenters. The summed E-state index contributed by atoms with van der Waals surface area (Å²) >= 11 is 0. The fraction of sp³-hybridized carbons (Fsp3) is 1.00. The van der Waals surface area contributed by atoms with Crippen LogP contribution in [0.4, 0.5) is 0 Å². The fourth-order valence-corrected chi connectivity index (χ4v) is 3.68. The van der Waals surface area contributed by atoms with Crippen molar-refractivity contribution in [2.45, 2.75) is 62.9 Å². The van der Waals surface area contributed by atoms with Crippen LogP contribution in [0.25, 0.3) is 0 Å². The zero-order valence-corrected chi connectivity index (χ0v) is 13.4. The quantitative estimate of drug-likeness (QED) is 0.768. The van der Waals surface area contributed by atoms with Gasteiger partial charge < -0.3 is 10.6 Å². The Bertz CT molecular complexity index is 294. The number of hydrogen-bond acceptors (Lipinski definition) is 3. The molecule has 1 unspecified atom stereocenters. The molecule has 0 spiro atoms. The van der Waals surface area contributed by atoms with E-state index in [0.717, 1.165) is 12.5 Å². The van der Waals surface area contributed by atoms with Gasteiger partial charge in [0.05, 0.1) is 0 Å². The zero-order chi connectivity index (χ0) is 14.1. The van der Waals surface area contributed by atoms with Crippen molar-refractivity contribution < 1.29 is 0 Å². The first-order valence-electron chi connectivity index (χ1n) is 8.01. The van der Waals surface area contributed by atoms with Gasteiger partial charge in [-0.2, -0.15) is 0 Å². The first kappa shape index (κ1) is 15.3. The fourth-order valence-electron chi connectivity index (χ4n) is 3.68. The summed E-state index contributed by atoms with van der Waals surface area (Å²) < 4.78 is 0. The number of nitrogens with zero attached hydrogens (tertiary/aromatic N) is 2. The normalized spacial score (nSPS) is 26.1. The lowest BCUT2D eigenvalue weighted by Gasteiger charge is -2.53. The van der Waals surface area contributed by atoms with Crippen LogP contribution in [0.15, 0.2) is 0 Å². The van der Waals surface area contributed by atoms with Crippen LogP contribution < -0.4 is 5.73 Å². The Labute approximate surface area is 119 Å². The molecule has 0 aromatic carbocycles. The van der Waals surface area contributed by atoms with Crippen LogP contribution in [0.3, 0.4) is 0 Å². The molecule has 0 aromatic rings. The van der Waals surface area contributed by atoms with Crippen molar-refractivity contribution in [1.29, 1.82) is 0 Å². The Hall–Kier alpha value is -0.120. The van der Waals surface area contributed by atoms with Gasteiger partial charge in [-0.25, -0.2) is 0 Å². The molecule has 0 radical (unpaired) electrons. The Balaban J connectivity index is 1.96. The van der Waals surface area contributed by atoms with E-state index in [9.17, 15) is 0 Å². The van der Waals surface area contributed by atoms with Crippen LogP contribution in [0.5, 0.6) is 0 Å². The maximum atomic E-state index is 6.13. The van der Waals surface area contributed by atoms with E-state index in [2.05, 4.69) is 37.9 Å². The highest BCUT2D eigenvalue weighted by Crippen LogP contribution is 2.40. The summed E-state index contributed by atoms with van der Waals surface area (Å²) in [5.74, 6) is 0.924. The molecule has 2 rings (SSSR count). The molecule has 2 N–H and O–H groups in total. The Kier molecular flexibility index (Phi) is 4.59. The molecule has 0 aliphatic heterocycles. The molecule has 2 aliphatic carbocycles. The van der Waals surface area contributed by atoms with E-state index >= 15 is 0 Å². The summed E-state index contributed by atoms with van der Waals surface area (Å²) in [5.41, 5.74) is 6.73. The summed E-state index contributed by atoms with van der Waals surface area (Å²) in [6.07, 6.45) is 9.61. The second-order valence-corrected chi connectivity index (χ2v) is 7.53. The lowest BCUT2D eigenvalue weighted by atomic mass is 9.73. The standard InChI is InChI=1S/C16H33N3/c1-15(12-17,11-14-7-5-8-14)19(4)13-16(18(2)3)9-6-10-16/h14H,5-13,17H2,1-4H3. The maximum Gasteiger partial charge on any atom is 0.0330 e. The van der Waals surface area contributed by atoms with E-state index < -0.39 is 0 Å². The largest absolute Gasteiger partial charge is 0.329 e. The molecule has 2 saturated carbocycles. The summed E-state index contributed by atoms with van der Waals surface area (Å²) in [4.78, 5) is 5.00. The molecule has 0 bridgehead atoms. The van der Waals surface area contributed by atoms with Crippen LogP contribution in [0.1, 0.15) is 51.9 Å². The van der Waals surface area contributed by atoms with Gasteiger partial charge in [0.2, 0.25) is 0 Å². The topological polar surface area (TPSA) is 32.5 Å². The molecule has 3 nitrogen and oxygen atoms in total. The van der Waals surface area contributed by atoms with Gasteiger partial charge in [0.25, 0.3) is 0 Å². The molecular weight excluding hydrogens is 234 g/mol. The number of hydrogen-bond donors (Lipinski definition) is 1. The number of nitrogens with two attached hydrogens (primary N) is 1. The zero-order valence-electron chi connectivity index (χ0n) is 13.4. The van der Waals surface area contributed by atoms with Crippen molar-refractivity contribution >= 4 is 0 Å². The molecule has 0 saturated heterocycles. The third kappa shape index (κ3) is 2.98. The molecule has 112 valence electrons. The first-order chi connectivity index (χ1) is 8.92. The highest BCUT2D eigenvalue weighted by Gasteiger charge is 2.43. The van der Waals surface area contributed by atoms with Gasteiger partial charge in [0, 0.05) is 24.2 Å². The summed E-state index contributed by atoms with van der Waals surface area (Å²) in [6.45, 7) is 4.32. The predicted octanol–water partition coefficient (Wildman–Crippen LogP) is 2.31. The smallest absolute Gasteiger partial charge is 0.0330 e. The van der Waals surface area contributed by atoms with E-state index in [0.29, 0.717) is 5.54 Å². The maximum absolute atomic E-state index is 6.13. The second-order valence-electron chi connectivity index (χ2n) is 7.53. The minimum atomic E-state index is 0.184. The minimum Gasteiger partial charge on any atom is -0.329 e. The monoisotopic (exact) mass is 267 g/mol. The van der Waals surface area contributed by atoms with E-state index in [1.807, 2.05) is 0 Å². The van der Waals surface area contributed by atoms with Gasteiger partial charge in [-0.05, 0) is 59.7 Å². The first-order valence-corrected chi connectivity index (χ1v) is 8.01. The van der Waals surface area contributed by atoms with E-state index in [-0.39, 0.29) is 5.54 Å².